The largest absolute Gasteiger partial charge is 0.470 e. The lowest BCUT2D eigenvalue weighted by Gasteiger charge is -2.32. The second-order valence-electron chi connectivity index (χ2n) is 7.16. The van der Waals surface area contributed by atoms with Crippen LogP contribution in [0, 0.1) is 0 Å². The third kappa shape index (κ3) is 5.36. The van der Waals surface area contributed by atoms with Crippen LogP contribution in [0.5, 0.6) is 0 Å². The Labute approximate surface area is 191 Å². The van der Waals surface area contributed by atoms with E-state index in [0.717, 1.165) is 17.0 Å². The van der Waals surface area contributed by atoms with Crippen molar-refractivity contribution in [3.05, 3.63) is 65.0 Å². The zero-order valence-corrected chi connectivity index (χ0v) is 18.2. The molecule has 0 saturated carbocycles. The van der Waals surface area contributed by atoms with Gasteiger partial charge in [0.05, 0.1) is 0 Å². The number of amides is 2. The van der Waals surface area contributed by atoms with Crippen LogP contribution in [0.2, 0.25) is 5.02 Å². The average Bonchev–Trinajstić information content (AvgIpc) is 3.27. The lowest BCUT2D eigenvalue weighted by atomic mass is 10.1. The minimum Gasteiger partial charge on any atom is -0.413 e. The van der Waals surface area contributed by atoms with Gasteiger partial charge in [-0.05, 0) is 36.2 Å². The smallest absolute Gasteiger partial charge is 0.413 e. The number of aromatic nitrogens is 2. The first-order valence-electron chi connectivity index (χ1n) is 9.71. The molecule has 1 aliphatic rings. The number of halogens is 4. The number of nitrogens with one attached hydrogen (secondary N) is 1. The number of para-hydroxylation sites is 1. The number of carbonyl (C=O) groups excluding carboxylic acids is 1. The Morgan fingerprint density at radius 3 is 2.69 bits per heavy atom. The molecule has 1 N–H and O–H groups in total. The second-order valence-corrected chi connectivity index (χ2v) is 8.97. The van der Waals surface area contributed by atoms with Gasteiger partial charge in [0.1, 0.15) is 0 Å². The molecule has 1 atom stereocenters. The Kier molecular flexibility index (Phi) is 6.61. The van der Waals surface area contributed by atoms with Crippen LogP contribution in [0.15, 0.2) is 52.9 Å². The normalized spacial score (nSPS) is 16.8. The number of benzene rings is 2. The molecule has 2 heterocycles. The predicted octanol–water partition coefficient (Wildman–Crippen LogP) is 5.60. The third-order valence-electron chi connectivity index (χ3n) is 4.87. The number of hydrogen-bond acceptors (Lipinski definition) is 5. The molecule has 11 heteroatoms. The molecule has 0 spiro atoms. The number of carbonyl (C=O) groups is 1. The third-order valence-corrected chi connectivity index (χ3v) is 6.42. The van der Waals surface area contributed by atoms with Crippen molar-refractivity contribution in [1.82, 2.24) is 15.1 Å². The molecule has 1 fully saturated rings. The van der Waals surface area contributed by atoms with Gasteiger partial charge in [-0.1, -0.05) is 35.9 Å². The van der Waals surface area contributed by atoms with E-state index < -0.39 is 12.1 Å². The van der Waals surface area contributed by atoms with E-state index in [0.29, 0.717) is 30.1 Å². The summed E-state index contributed by atoms with van der Waals surface area (Å²) < 4.78 is 42.7. The van der Waals surface area contributed by atoms with E-state index >= 15 is 0 Å². The zero-order valence-electron chi connectivity index (χ0n) is 16.6. The molecule has 2 amide bonds. The van der Waals surface area contributed by atoms with Crippen LogP contribution in [-0.2, 0) is 12.6 Å². The molecular weight excluding hydrogens is 465 g/mol. The minimum atomic E-state index is -4.70. The molecule has 168 valence electrons. The van der Waals surface area contributed by atoms with E-state index in [9.17, 15) is 18.0 Å². The molecule has 1 aliphatic heterocycles. The average molecular weight is 483 g/mol. The lowest BCUT2D eigenvalue weighted by Crippen LogP contribution is -2.44. The van der Waals surface area contributed by atoms with E-state index in [1.807, 2.05) is 30.3 Å². The van der Waals surface area contributed by atoms with Gasteiger partial charge in [0.15, 0.2) is 0 Å². The van der Waals surface area contributed by atoms with Crippen molar-refractivity contribution >= 4 is 35.1 Å². The number of anilines is 1. The molecule has 1 unspecified atom stereocenters. The standard InChI is InChI=1S/C21H18ClF3N4O2S/c22-17-11-14(18-27-28-19(31-18)21(23,24)25)7-6-13(17)10-16-12-29(8-9-32-16)20(30)26-15-4-2-1-3-5-15/h1-7,11,16H,8-10,12H2,(H,26,30). The van der Waals surface area contributed by atoms with Crippen LogP contribution in [0.3, 0.4) is 0 Å². The van der Waals surface area contributed by atoms with Crippen molar-refractivity contribution in [3.63, 3.8) is 0 Å². The van der Waals surface area contributed by atoms with Crippen LogP contribution in [0.1, 0.15) is 11.5 Å². The van der Waals surface area contributed by atoms with Crippen molar-refractivity contribution in [2.45, 2.75) is 17.8 Å². The number of nitrogens with zero attached hydrogens (tertiary/aromatic N) is 3. The van der Waals surface area contributed by atoms with Crippen molar-refractivity contribution < 1.29 is 22.4 Å². The van der Waals surface area contributed by atoms with Gasteiger partial charge in [-0.3, -0.25) is 0 Å². The molecule has 1 aromatic heterocycles. The topological polar surface area (TPSA) is 71.3 Å². The summed E-state index contributed by atoms with van der Waals surface area (Å²) in [5, 5.41) is 9.90. The van der Waals surface area contributed by atoms with Gasteiger partial charge in [-0.15, -0.1) is 10.2 Å². The first-order valence-corrected chi connectivity index (χ1v) is 11.1. The van der Waals surface area contributed by atoms with Gasteiger partial charge >= 0.3 is 18.1 Å². The Balaban J connectivity index is 1.40. The fraction of sp³-hybridized carbons (Fsp3) is 0.286. The quantitative estimate of drug-likeness (QED) is 0.524. The molecule has 0 bridgehead atoms. The van der Waals surface area contributed by atoms with Crippen LogP contribution in [0.4, 0.5) is 23.7 Å². The Morgan fingerprint density at radius 1 is 1.22 bits per heavy atom. The van der Waals surface area contributed by atoms with E-state index in [1.54, 1.807) is 28.8 Å². The summed E-state index contributed by atoms with van der Waals surface area (Å²) >= 11 is 8.14. The fourth-order valence-corrected chi connectivity index (χ4v) is 4.80. The highest BCUT2D eigenvalue weighted by atomic mass is 35.5. The van der Waals surface area contributed by atoms with Crippen LogP contribution < -0.4 is 5.32 Å². The van der Waals surface area contributed by atoms with Gasteiger partial charge in [-0.2, -0.15) is 24.9 Å². The highest BCUT2D eigenvalue weighted by Crippen LogP contribution is 2.32. The van der Waals surface area contributed by atoms with E-state index in [2.05, 4.69) is 15.5 Å². The van der Waals surface area contributed by atoms with E-state index in [-0.39, 0.29) is 17.2 Å². The zero-order chi connectivity index (χ0) is 22.7. The van der Waals surface area contributed by atoms with Crippen molar-refractivity contribution in [1.29, 1.82) is 0 Å². The highest BCUT2D eigenvalue weighted by Gasteiger charge is 2.38. The predicted molar refractivity (Wildman–Crippen MR) is 117 cm³/mol. The van der Waals surface area contributed by atoms with Crippen molar-refractivity contribution in [2.75, 3.05) is 24.2 Å². The van der Waals surface area contributed by atoms with Crippen molar-refractivity contribution in [2.24, 2.45) is 0 Å². The Hall–Kier alpha value is -2.72. The van der Waals surface area contributed by atoms with E-state index in [4.69, 9.17) is 16.0 Å². The SMILES string of the molecule is O=C(Nc1ccccc1)N1CCSC(Cc2ccc(-c3nnc(C(F)(F)F)o3)cc2Cl)C1. The summed E-state index contributed by atoms with van der Waals surface area (Å²) in [7, 11) is 0. The first kappa shape index (κ1) is 22.5. The summed E-state index contributed by atoms with van der Waals surface area (Å²) in [5.41, 5.74) is 1.87. The maximum atomic E-state index is 12.7. The number of hydrogen-bond donors (Lipinski definition) is 1. The summed E-state index contributed by atoms with van der Waals surface area (Å²) in [6, 6.07) is 13.9. The van der Waals surface area contributed by atoms with Crippen LogP contribution in [0.25, 0.3) is 11.5 Å². The minimum absolute atomic E-state index is 0.133. The molecule has 4 rings (SSSR count). The molecule has 3 aromatic rings. The number of urea groups is 1. The lowest BCUT2D eigenvalue weighted by molar-refractivity contribution is -0.156. The number of thioether (sulfide) groups is 1. The van der Waals surface area contributed by atoms with Crippen LogP contribution in [-0.4, -0.2) is 45.2 Å². The molecule has 1 saturated heterocycles. The van der Waals surface area contributed by atoms with Crippen LogP contribution >= 0.6 is 23.4 Å². The monoisotopic (exact) mass is 482 g/mol. The first-order chi connectivity index (χ1) is 15.3. The second kappa shape index (κ2) is 9.41. The van der Waals surface area contributed by atoms with Crippen molar-refractivity contribution in [3.8, 4) is 11.5 Å². The van der Waals surface area contributed by atoms with Gasteiger partial charge in [0.2, 0.25) is 5.89 Å². The van der Waals surface area contributed by atoms with Gasteiger partial charge in [0, 0.05) is 40.4 Å². The van der Waals surface area contributed by atoms with Gasteiger partial charge < -0.3 is 14.6 Å². The molecule has 32 heavy (non-hydrogen) atoms. The Morgan fingerprint density at radius 2 is 2.00 bits per heavy atom. The Bertz CT molecular complexity index is 1090. The van der Waals surface area contributed by atoms with Gasteiger partial charge in [-0.25, -0.2) is 4.79 Å². The highest BCUT2D eigenvalue weighted by molar-refractivity contribution is 8.00. The summed E-state index contributed by atoms with van der Waals surface area (Å²) in [4.78, 5) is 14.4. The molecule has 0 aliphatic carbocycles. The summed E-state index contributed by atoms with van der Waals surface area (Å²) in [6.07, 6.45) is -4.09. The molecule has 0 radical (unpaired) electrons. The van der Waals surface area contributed by atoms with Gasteiger partial charge in [0.25, 0.3) is 0 Å². The number of rotatable bonds is 4. The molecule has 6 nitrogen and oxygen atoms in total. The summed E-state index contributed by atoms with van der Waals surface area (Å²) in [5.74, 6) is -0.855. The maximum Gasteiger partial charge on any atom is 0.470 e. The fourth-order valence-electron chi connectivity index (χ4n) is 3.30. The molecule has 2 aromatic carbocycles. The number of alkyl halides is 3. The molecular formula is C21H18ClF3N4O2S. The van der Waals surface area contributed by atoms with E-state index in [1.165, 1.54) is 6.07 Å². The maximum absolute atomic E-state index is 12.7. The summed E-state index contributed by atoms with van der Waals surface area (Å²) in [6.45, 7) is 1.20.